The summed E-state index contributed by atoms with van der Waals surface area (Å²) in [6, 6.07) is 11.2. The average molecular weight is 232 g/mol. The lowest BCUT2D eigenvalue weighted by Gasteiger charge is -2.28. The van der Waals surface area contributed by atoms with Crippen LogP contribution in [0.15, 0.2) is 30.3 Å². The van der Waals surface area contributed by atoms with E-state index >= 15 is 0 Å². The van der Waals surface area contributed by atoms with E-state index in [2.05, 4.69) is 6.07 Å². The van der Waals surface area contributed by atoms with Gasteiger partial charge in [-0.25, -0.2) is 4.79 Å². The lowest BCUT2D eigenvalue weighted by Crippen LogP contribution is -2.40. The molecule has 0 aliphatic heterocycles. The Labute approximate surface area is 101 Å². The summed E-state index contributed by atoms with van der Waals surface area (Å²) in [6.45, 7) is 2.28. The number of ether oxygens (including phenoxy) is 1. The van der Waals surface area contributed by atoms with E-state index in [1.54, 1.807) is 6.92 Å². The summed E-state index contributed by atoms with van der Waals surface area (Å²) in [5.74, 6) is -0.299. The first-order valence-electron chi connectivity index (χ1n) is 5.47. The maximum Gasteiger partial charge on any atom is 0.328 e. The Bertz CT molecular complexity index is 398. The molecule has 1 atom stereocenters. The lowest BCUT2D eigenvalue weighted by molar-refractivity contribution is -0.141. The Morgan fingerprint density at radius 2 is 2.12 bits per heavy atom. The van der Waals surface area contributed by atoms with Crippen molar-refractivity contribution in [3.8, 4) is 6.07 Å². The van der Waals surface area contributed by atoms with Crippen LogP contribution in [0.1, 0.15) is 13.3 Å². The van der Waals surface area contributed by atoms with Crippen molar-refractivity contribution >= 4 is 11.7 Å². The fraction of sp³-hybridized carbons (Fsp3) is 0.385. The van der Waals surface area contributed by atoms with E-state index in [0.717, 1.165) is 5.69 Å². The second-order valence-corrected chi connectivity index (χ2v) is 3.64. The van der Waals surface area contributed by atoms with Crippen LogP contribution in [0, 0.1) is 11.3 Å². The molecule has 4 heteroatoms. The van der Waals surface area contributed by atoms with E-state index in [1.807, 2.05) is 35.2 Å². The molecule has 0 aliphatic rings. The Morgan fingerprint density at radius 3 is 2.65 bits per heavy atom. The van der Waals surface area contributed by atoms with Crippen LogP contribution in [-0.4, -0.2) is 25.7 Å². The molecule has 0 N–H and O–H groups in total. The monoisotopic (exact) mass is 232 g/mol. The number of hydrogen-bond acceptors (Lipinski definition) is 4. The summed E-state index contributed by atoms with van der Waals surface area (Å²) in [7, 11) is 1.37. The van der Waals surface area contributed by atoms with E-state index in [1.165, 1.54) is 7.11 Å². The minimum absolute atomic E-state index is 0.299. The van der Waals surface area contributed by atoms with Gasteiger partial charge in [0.1, 0.15) is 6.04 Å². The van der Waals surface area contributed by atoms with Gasteiger partial charge in [0.15, 0.2) is 0 Å². The molecule has 0 saturated carbocycles. The van der Waals surface area contributed by atoms with Crippen LogP contribution in [0.5, 0.6) is 0 Å². The standard InChI is InChI=1S/C13H16N2O2/c1-11(13(16)17-2)15(10-6-9-14)12-7-4-3-5-8-12/h3-5,7-8,11H,6,10H2,1-2H3. The maximum absolute atomic E-state index is 11.5. The number of para-hydroxylation sites is 1. The Morgan fingerprint density at radius 1 is 1.47 bits per heavy atom. The molecule has 0 fully saturated rings. The van der Waals surface area contributed by atoms with Gasteiger partial charge in [-0.05, 0) is 19.1 Å². The second-order valence-electron chi connectivity index (χ2n) is 3.64. The molecule has 0 saturated heterocycles. The van der Waals surface area contributed by atoms with Gasteiger partial charge in [-0.3, -0.25) is 0 Å². The first-order chi connectivity index (χ1) is 8.20. The maximum atomic E-state index is 11.5. The minimum Gasteiger partial charge on any atom is -0.467 e. The molecule has 0 aromatic heterocycles. The highest BCUT2D eigenvalue weighted by atomic mass is 16.5. The molecule has 17 heavy (non-hydrogen) atoms. The zero-order valence-corrected chi connectivity index (χ0v) is 10.1. The summed E-state index contributed by atoms with van der Waals surface area (Å²) in [6.07, 6.45) is 0.371. The van der Waals surface area contributed by atoms with Gasteiger partial charge in [-0.15, -0.1) is 0 Å². The number of esters is 1. The van der Waals surface area contributed by atoms with Crippen LogP contribution < -0.4 is 4.90 Å². The number of rotatable bonds is 5. The lowest BCUT2D eigenvalue weighted by atomic mass is 10.2. The second kappa shape index (κ2) is 6.54. The van der Waals surface area contributed by atoms with Crippen LogP contribution in [-0.2, 0) is 9.53 Å². The summed E-state index contributed by atoms with van der Waals surface area (Å²) in [4.78, 5) is 13.4. The van der Waals surface area contributed by atoms with Gasteiger partial charge < -0.3 is 9.64 Å². The van der Waals surface area contributed by atoms with Crippen LogP contribution in [0.4, 0.5) is 5.69 Å². The highest BCUT2D eigenvalue weighted by molar-refractivity contribution is 5.79. The predicted octanol–water partition coefficient (Wildman–Crippen LogP) is 1.97. The molecule has 1 aromatic rings. The first-order valence-corrected chi connectivity index (χ1v) is 5.47. The normalized spacial score (nSPS) is 11.4. The zero-order chi connectivity index (χ0) is 12.7. The summed E-state index contributed by atoms with van der Waals surface area (Å²) >= 11 is 0. The molecule has 0 bridgehead atoms. The number of anilines is 1. The van der Waals surface area contributed by atoms with Crippen LogP contribution in [0.25, 0.3) is 0 Å². The molecular weight excluding hydrogens is 216 g/mol. The molecule has 0 heterocycles. The zero-order valence-electron chi connectivity index (χ0n) is 10.1. The van der Waals surface area contributed by atoms with Crippen molar-refractivity contribution in [2.45, 2.75) is 19.4 Å². The number of benzene rings is 1. The molecule has 4 nitrogen and oxygen atoms in total. The fourth-order valence-electron chi connectivity index (χ4n) is 1.63. The van der Waals surface area contributed by atoms with Crippen LogP contribution in [0.2, 0.25) is 0 Å². The van der Waals surface area contributed by atoms with Crippen LogP contribution >= 0.6 is 0 Å². The Hall–Kier alpha value is -2.02. The van der Waals surface area contributed by atoms with E-state index < -0.39 is 6.04 Å². The third kappa shape index (κ3) is 3.49. The molecule has 1 aromatic carbocycles. The highest BCUT2D eigenvalue weighted by Gasteiger charge is 2.21. The van der Waals surface area contributed by atoms with Crippen molar-refractivity contribution in [2.24, 2.45) is 0 Å². The molecule has 0 amide bonds. The predicted molar refractivity (Wildman–Crippen MR) is 65.5 cm³/mol. The van der Waals surface area contributed by atoms with Gasteiger partial charge in [-0.2, -0.15) is 5.26 Å². The van der Waals surface area contributed by atoms with E-state index in [0.29, 0.717) is 13.0 Å². The first kappa shape index (κ1) is 13.0. The minimum atomic E-state index is -0.393. The third-order valence-corrected chi connectivity index (χ3v) is 2.56. The average Bonchev–Trinajstić information content (AvgIpc) is 2.39. The van der Waals surface area contributed by atoms with Crippen molar-refractivity contribution < 1.29 is 9.53 Å². The Balaban J connectivity index is 2.88. The molecular formula is C13H16N2O2. The van der Waals surface area contributed by atoms with Gasteiger partial charge in [0, 0.05) is 12.2 Å². The number of nitrogens with zero attached hydrogens (tertiary/aromatic N) is 2. The third-order valence-electron chi connectivity index (χ3n) is 2.56. The van der Waals surface area contributed by atoms with Crippen LogP contribution in [0.3, 0.4) is 0 Å². The molecule has 1 rings (SSSR count). The highest BCUT2D eigenvalue weighted by Crippen LogP contribution is 2.17. The van der Waals surface area contributed by atoms with E-state index in [4.69, 9.17) is 10.00 Å². The summed E-state index contributed by atoms with van der Waals surface area (Å²) < 4.78 is 4.73. The summed E-state index contributed by atoms with van der Waals surface area (Å²) in [5.41, 5.74) is 0.917. The largest absolute Gasteiger partial charge is 0.467 e. The van der Waals surface area contributed by atoms with Crippen molar-refractivity contribution in [3.63, 3.8) is 0 Å². The number of hydrogen-bond donors (Lipinski definition) is 0. The van der Waals surface area contributed by atoms with Gasteiger partial charge in [-0.1, -0.05) is 18.2 Å². The summed E-state index contributed by atoms with van der Waals surface area (Å²) in [5, 5.41) is 8.65. The van der Waals surface area contributed by atoms with Gasteiger partial charge in [0.2, 0.25) is 0 Å². The van der Waals surface area contributed by atoms with Crippen molar-refractivity contribution in [1.29, 1.82) is 5.26 Å². The number of carbonyl (C=O) groups is 1. The SMILES string of the molecule is COC(=O)C(C)N(CCC#N)c1ccccc1. The quantitative estimate of drug-likeness (QED) is 0.728. The molecule has 0 aliphatic carbocycles. The Kier molecular flexibility index (Phi) is 5.02. The van der Waals surface area contributed by atoms with E-state index in [9.17, 15) is 4.79 Å². The topological polar surface area (TPSA) is 53.3 Å². The van der Waals surface area contributed by atoms with Crippen molar-refractivity contribution in [2.75, 3.05) is 18.6 Å². The van der Waals surface area contributed by atoms with E-state index in [-0.39, 0.29) is 5.97 Å². The van der Waals surface area contributed by atoms with Crippen molar-refractivity contribution in [3.05, 3.63) is 30.3 Å². The number of nitriles is 1. The smallest absolute Gasteiger partial charge is 0.328 e. The van der Waals surface area contributed by atoms with Crippen molar-refractivity contribution in [1.82, 2.24) is 0 Å². The van der Waals surface area contributed by atoms with Gasteiger partial charge in [0.25, 0.3) is 0 Å². The number of carbonyl (C=O) groups excluding carboxylic acids is 1. The number of methoxy groups -OCH3 is 1. The molecule has 90 valence electrons. The molecule has 0 spiro atoms. The fourth-order valence-corrected chi connectivity index (χ4v) is 1.63. The molecule has 0 radical (unpaired) electrons. The molecule has 1 unspecified atom stereocenters. The van der Waals surface area contributed by atoms with Gasteiger partial charge >= 0.3 is 5.97 Å². The van der Waals surface area contributed by atoms with Gasteiger partial charge in [0.05, 0.1) is 19.6 Å².